The summed E-state index contributed by atoms with van der Waals surface area (Å²) in [5, 5.41) is 10.5. The van der Waals surface area contributed by atoms with Crippen molar-refractivity contribution in [2.24, 2.45) is 0 Å². The molecule has 0 spiro atoms. The van der Waals surface area contributed by atoms with Gasteiger partial charge >= 0.3 is 0 Å². The Morgan fingerprint density at radius 3 is 1.92 bits per heavy atom. The molecule has 2 aliphatic heterocycles. The van der Waals surface area contributed by atoms with Crippen LogP contribution in [0.25, 0.3) is 28.3 Å². The first-order valence-electron chi connectivity index (χ1n) is 16.6. The Balaban J connectivity index is 1.02. The SMILES string of the molecule is C=CC(=O)N1CCC(Oc2ccc(-c3cccc(/C=C/C(=O)N4CCC(Oc5ccc(-c6ccccc6)cc5Cl)CC4)c3)cc2C#N)CC1. The van der Waals surface area contributed by atoms with Gasteiger partial charge in [0.25, 0.3) is 0 Å². The first-order valence-corrected chi connectivity index (χ1v) is 17.0. The number of piperidine rings is 2. The number of carbonyl (C=O) groups is 2. The molecule has 2 aliphatic rings. The Morgan fingerprint density at radius 2 is 1.29 bits per heavy atom. The maximum Gasteiger partial charge on any atom is 0.246 e. The third-order valence-corrected chi connectivity index (χ3v) is 9.34. The van der Waals surface area contributed by atoms with Gasteiger partial charge in [0.05, 0.1) is 10.6 Å². The van der Waals surface area contributed by atoms with Gasteiger partial charge in [-0.25, -0.2) is 0 Å². The molecule has 8 heteroatoms. The zero-order chi connectivity index (χ0) is 34.2. The normalized spacial score (nSPS) is 15.5. The molecule has 0 saturated carbocycles. The fraction of sp³-hybridized carbons (Fsp3) is 0.244. The zero-order valence-corrected chi connectivity index (χ0v) is 28.0. The molecule has 0 unspecified atom stereocenters. The highest BCUT2D eigenvalue weighted by atomic mass is 35.5. The Morgan fingerprint density at radius 1 is 0.714 bits per heavy atom. The molecule has 7 nitrogen and oxygen atoms in total. The highest BCUT2D eigenvalue weighted by Crippen LogP contribution is 2.33. The Labute approximate surface area is 292 Å². The molecule has 0 aromatic heterocycles. The summed E-state index contributed by atoms with van der Waals surface area (Å²) >= 11 is 6.57. The number of nitrogens with zero attached hydrogens (tertiary/aromatic N) is 3. The van der Waals surface area contributed by atoms with Crippen LogP contribution in [-0.2, 0) is 9.59 Å². The maximum absolute atomic E-state index is 13.1. The standard InChI is InChI=1S/C41H38ClN3O4/c1-2-40(46)44-21-17-35(18-22-44)48-38-14-12-32(26-34(38)28-43)31-10-6-7-29(25-31)11-16-41(47)45-23-19-36(20-24-45)49-39-15-13-33(27-37(39)42)30-8-4-3-5-9-30/h2-16,25-27,35-36H,1,17-24H2/b16-11+. The number of ether oxygens (including phenoxy) is 2. The van der Waals surface area contributed by atoms with E-state index in [4.69, 9.17) is 21.1 Å². The average Bonchev–Trinajstić information content (AvgIpc) is 3.15. The summed E-state index contributed by atoms with van der Waals surface area (Å²) in [4.78, 5) is 28.6. The lowest BCUT2D eigenvalue weighted by atomic mass is 10.0. The van der Waals surface area contributed by atoms with Crippen LogP contribution in [0.1, 0.15) is 36.8 Å². The predicted molar refractivity (Wildman–Crippen MR) is 193 cm³/mol. The second kappa shape index (κ2) is 15.7. The zero-order valence-electron chi connectivity index (χ0n) is 27.3. The molecular formula is C41H38ClN3O4. The van der Waals surface area contributed by atoms with Gasteiger partial charge in [-0.05, 0) is 70.3 Å². The van der Waals surface area contributed by atoms with Crippen molar-refractivity contribution in [1.29, 1.82) is 5.26 Å². The molecule has 248 valence electrons. The van der Waals surface area contributed by atoms with Crippen LogP contribution < -0.4 is 9.47 Å². The van der Waals surface area contributed by atoms with Gasteiger partial charge in [-0.3, -0.25) is 9.59 Å². The van der Waals surface area contributed by atoms with E-state index in [2.05, 4.69) is 12.6 Å². The molecule has 0 atom stereocenters. The van der Waals surface area contributed by atoms with E-state index >= 15 is 0 Å². The summed E-state index contributed by atoms with van der Waals surface area (Å²) < 4.78 is 12.4. The van der Waals surface area contributed by atoms with E-state index in [0.717, 1.165) is 40.7 Å². The molecule has 6 rings (SSSR count). The van der Waals surface area contributed by atoms with Gasteiger partial charge in [0.2, 0.25) is 11.8 Å². The molecule has 2 fully saturated rings. The molecule has 2 heterocycles. The van der Waals surface area contributed by atoms with E-state index in [1.807, 2.05) is 102 Å². The van der Waals surface area contributed by atoms with Gasteiger partial charge in [0.15, 0.2) is 0 Å². The smallest absolute Gasteiger partial charge is 0.246 e. The van der Waals surface area contributed by atoms with Crippen molar-refractivity contribution in [1.82, 2.24) is 9.80 Å². The molecule has 2 amide bonds. The molecule has 0 radical (unpaired) electrons. The van der Waals surface area contributed by atoms with E-state index in [9.17, 15) is 14.9 Å². The largest absolute Gasteiger partial charge is 0.489 e. The number of hydrogen-bond acceptors (Lipinski definition) is 5. The highest BCUT2D eigenvalue weighted by Gasteiger charge is 2.25. The average molecular weight is 672 g/mol. The molecular weight excluding hydrogens is 634 g/mol. The summed E-state index contributed by atoms with van der Waals surface area (Å²) in [6, 6.07) is 31.7. The van der Waals surface area contributed by atoms with E-state index in [-0.39, 0.29) is 24.0 Å². The number of rotatable bonds is 9. The van der Waals surface area contributed by atoms with Crippen molar-refractivity contribution in [2.45, 2.75) is 37.9 Å². The van der Waals surface area contributed by atoms with Gasteiger partial charge in [-0.15, -0.1) is 0 Å². The summed E-state index contributed by atoms with van der Waals surface area (Å²) in [6.45, 7) is 5.97. The summed E-state index contributed by atoms with van der Waals surface area (Å²) in [7, 11) is 0. The fourth-order valence-electron chi connectivity index (χ4n) is 6.28. The Hall–Kier alpha value is -5.32. The Kier molecular flexibility index (Phi) is 10.8. The van der Waals surface area contributed by atoms with Crippen LogP contribution in [-0.4, -0.2) is 60.0 Å². The number of halogens is 1. The topological polar surface area (TPSA) is 82.9 Å². The number of hydrogen-bond donors (Lipinski definition) is 0. The minimum Gasteiger partial charge on any atom is -0.489 e. The quantitative estimate of drug-likeness (QED) is 0.168. The van der Waals surface area contributed by atoms with E-state index in [1.54, 1.807) is 11.0 Å². The lowest BCUT2D eigenvalue weighted by Gasteiger charge is -2.31. The Bertz CT molecular complexity index is 1880. The number of amides is 2. The second-order valence-corrected chi connectivity index (χ2v) is 12.7. The number of carbonyl (C=O) groups excluding carboxylic acids is 2. The van der Waals surface area contributed by atoms with Crippen molar-refractivity contribution >= 4 is 29.5 Å². The summed E-state index contributed by atoms with van der Waals surface area (Å²) in [5.74, 6) is 1.09. The van der Waals surface area contributed by atoms with Crippen LogP contribution in [0.4, 0.5) is 0 Å². The van der Waals surface area contributed by atoms with Crippen LogP contribution in [0.3, 0.4) is 0 Å². The first kappa shape index (κ1) is 33.6. The molecule has 0 aliphatic carbocycles. The number of benzene rings is 4. The molecule has 0 N–H and O–H groups in total. The molecule has 2 saturated heterocycles. The predicted octanol–water partition coefficient (Wildman–Crippen LogP) is 8.18. The number of nitriles is 1. The van der Waals surface area contributed by atoms with Crippen molar-refractivity contribution in [3.05, 3.63) is 126 Å². The van der Waals surface area contributed by atoms with Crippen LogP contribution in [0.5, 0.6) is 11.5 Å². The highest BCUT2D eigenvalue weighted by molar-refractivity contribution is 6.32. The molecule has 49 heavy (non-hydrogen) atoms. The van der Waals surface area contributed by atoms with Gasteiger partial charge in [-0.1, -0.05) is 78.8 Å². The van der Waals surface area contributed by atoms with E-state index in [0.29, 0.717) is 61.1 Å². The second-order valence-electron chi connectivity index (χ2n) is 12.3. The van der Waals surface area contributed by atoms with E-state index < -0.39 is 0 Å². The minimum atomic E-state index is -0.0689. The lowest BCUT2D eigenvalue weighted by Crippen LogP contribution is -2.41. The first-order chi connectivity index (χ1) is 23.9. The van der Waals surface area contributed by atoms with Crippen molar-refractivity contribution < 1.29 is 19.1 Å². The van der Waals surface area contributed by atoms with Crippen LogP contribution in [0.2, 0.25) is 5.02 Å². The van der Waals surface area contributed by atoms with Crippen molar-refractivity contribution in [3.8, 4) is 39.8 Å². The van der Waals surface area contributed by atoms with Gasteiger partial charge in [-0.2, -0.15) is 5.26 Å². The number of likely N-dealkylation sites (tertiary alicyclic amines) is 2. The lowest BCUT2D eigenvalue weighted by molar-refractivity contribution is -0.128. The summed E-state index contributed by atoms with van der Waals surface area (Å²) in [6.07, 6.45) is 7.55. The fourth-order valence-corrected chi connectivity index (χ4v) is 6.50. The maximum atomic E-state index is 13.1. The van der Waals surface area contributed by atoms with Gasteiger partial charge < -0.3 is 19.3 Å². The monoisotopic (exact) mass is 671 g/mol. The van der Waals surface area contributed by atoms with Gasteiger partial charge in [0.1, 0.15) is 29.8 Å². The molecule has 4 aromatic rings. The third-order valence-electron chi connectivity index (χ3n) is 9.05. The summed E-state index contributed by atoms with van der Waals surface area (Å²) in [5.41, 5.74) is 5.30. The van der Waals surface area contributed by atoms with E-state index in [1.165, 1.54) is 6.08 Å². The van der Waals surface area contributed by atoms with Crippen LogP contribution in [0.15, 0.2) is 110 Å². The molecule has 4 aromatic carbocycles. The van der Waals surface area contributed by atoms with Gasteiger partial charge in [0, 0.05) is 57.9 Å². The van der Waals surface area contributed by atoms with Crippen LogP contribution >= 0.6 is 11.6 Å². The molecule has 0 bridgehead atoms. The van der Waals surface area contributed by atoms with Crippen molar-refractivity contribution in [3.63, 3.8) is 0 Å². The van der Waals surface area contributed by atoms with Crippen LogP contribution in [0, 0.1) is 11.3 Å². The third kappa shape index (κ3) is 8.40. The minimum absolute atomic E-state index is 0.0130. The van der Waals surface area contributed by atoms with Crippen molar-refractivity contribution in [2.75, 3.05) is 26.2 Å².